The molecule has 1 saturated heterocycles. The average Bonchev–Trinajstić information content (AvgIpc) is 2.66. The second-order valence-electron chi connectivity index (χ2n) is 6.72. The number of hydrogen-bond donors (Lipinski definition) is 1. The van der Waals surface area contributed by atoms with E-state index in [2.05, 4.69) is 6.58 Å². The van der Waals surface area contributed by atoms with Gasteiger partial charge in [-0.2, -0.15) is 0 Å². The van der Waals surface area contributed by atoms with Gasteiger partial charge in [0.15, 0.2) is 12.2 Å². The van der Waals surface area contributed by atoms with Crippen LogP contribution in [0, 0.1) is 0 Å². The van der Waals surface area contributed by atoms with Gasteiger partial charge in [-0.05, 0) is 11.1 Å². The van der Waals surface area contributed by atoms with Crippen LogP contribution >= 0.6 is 0 Å². The molecule has 1 heterocycles. The Kier molecular flexibility index (Phi) is 8.52. The lowest BCUT2D eigenvalue weighted by Gasteiger charge is -2.42. The molecule has 9 nitrogen and oxygen atoms in total. The van der Waals surface area contributed by atoms with Crippen LogP contribution in [0.2, 0.25) is 0 Å². The number of aliphatic hydroxyl groups excluding tert-OH is 1. The SMILES string of the molecule is C=CCOCc1cccc([C@@H]2OC(OC(C)=O)[C@@H](OC(C)=O)[C@H](O)[C@H]2OC(C)=O)c1. The van der Waals surface area contributed by atoms with Crippen molar-refractivity contribution in [2.45, 2.75) is 58.1 Å². The van der Waals surface area contributed by atoms with Gasteiger partial charge in [-0.1, -0.05) is 30.3 Å². The van der Waals surface area contributed by atoms with Crippen LogP contribution in [-0.4, -0.2) is 54.2 Å². The molecule has 0 radical (unpaired) electrons. The average molecular weight is 422 g/mol. The number of carbonyl (C=O) groups excluding carboxylic acids is 3. The summed E-state index contributed by atoms with van der Waals surface area (Å²) in [5.74, 6) is -2.08. The first-order valence-electron chi connectivity index (χ1n) is 9.35. The molecule has 5 atom stereocenters. The van der Waals surface area contributed by atoms with Crippen molar-refractivity contribution in [2.24, 2.45) is 0 Å². The molecule has 1 aromatic carbocycles. The Morgan fingerprint density at radius 2 is 1.70 bits per heavy atom. The molecule has 0 spiro atoms. The third-order valence-electron chi connectivity index (χ3n) is 4.19. The summed E-state index contributed by atoms with van der Waals surface area (Å²) in [5, 5.41) is 10.8. The number of carbonyl (C=O) groups is 3. The fourth-order valence-corrected chi connectivity index (χ4v) is 3.11. The van der Waals surface area contributed by atoms with Crippen LogP contribution in [0.3, 0.4) is 0 Å². The Bertz CT molecular complexity index is 775. The summed E-state index contributed by atoms with van der Waals surface area (Å²) >= 11 is 0. The molecule has 9 heteroatoms. The predicted octanol–water partition coefficient (Wildman–Crippen LogP) is 1.57. The summed E-state index contributed by atoms with van der Waals surface area (Å²) in [6.07, 6.45) is -4.82. The Morgan fingerprint density at radius 1 is 1.07 bits per heavy atom. The highest BCUT2D eigenvalue weighted by molar-refractivity contribution is 5.68. The van der Waals surface area contributed by atoms with Crippen molar-refractivity contribution in [3.05, 3.63) is 48.0 Å². The van der Waals surface area contributed by atoms with Gasteiger partial charge in [-0.25, -0.2) is 0 Å². The molecule has 0 bridgehead atoms. The number of hydrogen-bond acceptors (Lipinski definition) is 9. The second kappa shape index (κ2) is 10.9. The monoisotopic (exact) mass is 422 g/mol. The molecule has 0 aliphatic carbocycles. The minimum atomic E-state index is -1.50. The molecule has 2 rings (SSSR count). The van der Waals surface area contributed by atoms with E-state index < -0.39 is 48.6 Å². The number of rotatable bonds is 8. The summed E-state index contributed by atoms with van der Waals surface area (Å²) in [5.41, 5.74) is 1.36. The fourth-order valence-electron chi connectivity index (χ4n) is 3.11. The molecule has 164 valence electrons. The molecule has 1 aromatic rings. The van der Waals surface area contributed by atoms with Gasteiger partial charge in [0, 0.05) is 20.8 Å². The largest absolute Gasteiger partial charge is 0.456 e. The minimum Gasteiger partial charge on any atom is -0.456 e. The highest BCUT2D eigenvalue weighted by Gasteiger charge is 2.51. The van der Waals surface area contributed by atoms with Gasteiger partial charge in [0.25, 0.3) is 0 Å². The first-order valence-corrected chi connectivity index (χ1v) is 9.35. The topological polar surface area (TPSA) is 118 Å². The highest BCUT2D eigenvalue weighted by atomic mass is 16.7. The van der Waals surface area contributed by atoms with Crippen LogP contribution in [0.15, 0.2) is 36.9 Å². The van der Waals surface area contributed by atoms with Crippen LogP contribution in [-0.2, 0) is 44.7 Å². The zero-order valence-electron chi connectivity index (χ0n) is 17.1. The Morgan fingerprint density at radius 3 is 2.30 bits per heavy atom. The van der Waals surface area contributed by atoms with Crippen LogP contribution in [0.5, 0.6) is 0 Å². The summed E-state index contributed by atoms with van der Waals surface area (Å²) in [6.45, 7) is 7.74. The maximum absolute atomic E-state index is 11.7. The predicted molar refractivity (Wildman–Crippen MR) is 103 cm³/mol. The van der Waals surface area contributed by atoms with E-state index in [9.17, 15) is 19.5 Å². The van der Waals surface area contributed by atoms with Gasteiger partial charge in [0.05, 0.1) is 13.2 Å². The van der Waals surface area contributed by atoms with E-state index in [1.165, 1.54) is 6.92 Å². The van der Waals surface area contributed by atoms with E-state index in [0.717, 1.165) is 19.4 Å². The van der Waals surface area contributed by atoms with Crippen molar-refractivity contribution in [2.75, 3.05) is 6.61 Å². The third kappa shape index (κ3) is 6.38. The van der Waals surface area contributed by atoms with Gasteiger partial charge in [-0.3, -0.25) is 14.4 Å². The zero-order valence-corrected chi connectivity index (χ0v) is 17.1. The second-order valence-corrected chi connectivity index (χ2v) is 6.72. The van der Waals surface area contributed by atoms with Crippen molar-refractivity contribution in [3.8, 4) is 0 Å². The molecule has 30 heavy (non-hydrogen) atoms. The van der Waals surface area contributed by atoms with Gasteiger partial charge in [-0.15, -0.1) is 6.58 Å². The van der Waals surface area contributed by atoms with Crippen molar-refractivity contribution in [3.63, 3.8) is 0 Å². The van der Waals surface area contributed by atoms with E-state index in [1.54, 1.807) is 24.3 Å². The van der Waals surface area contributed by atoms with Gasteiger partial charge < -0.3 is 28.8 Å². The Hall–Kier alpha value is -2.75. The van der Waals surface area contributed by atoms with Crippen molar-refractivity contribution >= 4 is 17.9 Å². The smallest absolute Gasteiger partial charge is 0.305 e. The molecule has 0 amide bonds. The summed E-state index contributed by atoms with van der Waals surface area (Å²) in [4.78, 5) is 34.7. The Balaban J connectivity index is 2.37. The lowest BCUT2D eigenvalue weighted by Crippen LogP contribution is -2.58. The molecule has 1 unspecified atom stereocenters. The van der Waals surface area contributed by atoms with Crippen LogP contribution in [0.25, 0.3) is 0 Å². The third-order valence-corrected chi connectivity index (χ3v) is 4.19. The van der Waals surface area contributed by atoms with Crippen LogP contribution in [0.4, 0.5) is 0 Å². The van der Waals surface area contributed by atoms with Gasteiger partial charge in [0.1, 0.15) is 12.2 Å². The molecule has 1 N–H and O–H groups in total. The minimum absolute atomic E-state index is 0.302. The van der Waals surface area contributed by atoms with Crippen LogP contribution in [0.1, 0.15) is 38.0 Å². The van der Waals surface area contributed by atoms with Crippen molar-refractivity contribution in [1.29, 1.82) is 0 Å². The molecule has 0 aromatic heterocycles. The molecule has 1 aliphatic rings. The lowest BCUT2D eigenvalue weighted by molar-refractivity contribution is -0.296. The quantitative estimate of drug-likeness (QED) is 0.288. The van der Waals surface area contributed by atoms with Gasteiger partial charge >= 0.3 is 17.9 Å². The van der Waals surface area contributed by atoms with Crippen molar-refractivity contribution in [1.82, 2.24) is 0 Å². The molecule has 1 fully saturated rings. The van der Waals surface area contributed by atoms with E-state index in [1.807, 2.05) is 6.07 Å². The first-order chi connectivity index (χ1) is 14.2. The number of benzene rings is 1. The maximum Gasteiger partial charge on any atom is 0.305 e. The van der Waals surface area contributed by atoms with Crippen LogP contribution < -0.4 is 0 Å². The van der Waals surface area contributed by atoms with Gasteiger partial charge in [0.2, 0.25) is 6.29 Å². The molecule has 0 saturated carbocycles. The summed E-state index contributed by atoms with van der Waals surface area (Å²) in [6, 6.07) is 7.05. The van der Waals surface area contributed by atoms with E-state index in [0.29, 0.717) is 18.8 Å². The maximum atomic E-state index is 11.7. The summed E-state index contributed by atoms with van der Waals surface area (Å²) < 4.78 is 26.8. The number of ether oxygens (including phenoxy) is 5. The zero-order chi connectivity index (χ0) is 22.3. The van der Waals surface area contributed by atoms with E-state index in [4.69, 9.17) is 23.7 Å². The Labute approximate surface area is 174 Å². The molecule has 1 aliphatic heterocycles. The van der Waals surface area contributed by atoms with Crippen molar-refractivity contribution < 1.29 is 43.2 Å². The summed E-state index contributed by atoms with van der Waals surface area (Å²) in [7, 11) is 0. The standard InChI is InChI=1S/C21H26O9/c1-5-9-26-11-15-7-6-8-16(10-15)18-19(27-12(2)22)17(25)20(28-13(3)23)21(30-18)29-14(4)24/h5-8,10,17-21,25H,1,9,11H2,2-4H3/t17-,18+,19-,20+,21?/m1/s1. The normalized spacial score (nSPS) is 25.8. The number of esters is 3. The molecular formula is C21H26O9. The first kappa shape index (κ1) is 23.5. The molecular weight excluding hydrogens is 396 g/mol. The lowest BCUT2D eigenvalue weighted by atomic mass is 9.92. The highest BCUT2D eigenvalue weighted by Crippen LogP contribution is 2.36. The number of aliphatic hydroxyl groups is 1. The fraction of sp³-hybridized carbons (Fsp3) is 0.476. The van der Waals surface area contributed by atoms with E-state index in [-0.39, 0.29) is 0 Å². The van der Waals surface area contributed by atoms with E-state index >= 15 is 0 Å².